The van der Waals surface area contributed by atoms with Gasteiger partial charge in [0.2, 0.25) is 11.8 Å². The van der Waals surface area contributed by atoms with Crippen LogP contribution in [0.4, 0.5) is 17.3 Å². The molecule has 34 heavy (non-hydrogen) atoms. The van der Waals surface area contributed by atoms with E-state index in [0.717, 1.165) is 31.6 Å². The molecule has 2 N–H and O–H groups in total. The van der Waals surface area contributed by atoms with Crippen molar-refractivity contribution in [3.8, 4) is 11.5 Å². The highest BCUT2D eigenvalue weighted by atomic mass is 16.5. The van der Waals surface area contributed by atoms with Crippen LogP contribution in [0.5, 0.6) is 0 Å². The van der Waals surface area contributed by atoms with Crippen molar-refractivity contribution in [2.24, 2.45) is 5.92 Å². The molecular formula is C25H26N6O3. The van der Waals surface area contributed by atoms with Gasteiger partial charge in [0.1, 0.15) is 17.2 Å². The molecule has 9 heteroatoms. The van der Waals surface area contributed by atoms with E-state index in [1.807, 2.05) is 18.2 Å². The molecule has 1 aliphatic carbocycles. The average Bonchev–Trinajstić information content (AvgIpc) is 3.62. The number of ether oxygens (including phenoxy) is 1. The number of hydrogen-bond acceptors (Lipinski definition) is 8. The van der Waals surface area contributed by atoms with Gasteiger partial charge >= 0.3 is 0 Å². The first-order valence-electron chi connectivity index (χ1n) is 12.9. The summed E-state index contributed by atoms with van der Waals surface area (Å²) in [6, 6.07) is 7.59. The molecule has 0 bridgehead atoms. The van der Waals surface area contributed by atoms with Gasteiger partial charge in [-0.3, -0.25) is 4.79 Å². The lowest BCUT2D eigenvalue weighted by Gasteiger charge is -2.32. The van der Waals surface area contributed by atoms with Crippen LogP contribution in [-0.2, 0) is 9.53 Å². The number of oxazole rings is 1. The van der Waals surface area contributed by atoms with E-state index in [-0.39, 0.29) is 23.7 Å². The first-order valence-corrected chi connectivity index (χ1v) is 11.4. The molecule has 4 aromatic rings. The van der Waals surface area contributed by atoms with Crippen LogP contribution >= 0.6 is 0 Å². The normalized spacial score (nSPS) is 20.1. The fraction of sp³-hybridized carbons (Fsp3) is 0.360. The lowest BCUT2D eigenvalue weighted by Crippen LogP contribution is -2.41. The summed E-state index contributed by atoms with van der Waals surface area (Å²) in [5.41, 5.74) is 2.92. The Labute approximate surface area is 200 Å². The summed E-state index contributed by atoms with van der Waals surface area (Å²) in [5.74, 6) is 0.812. The molecule has 6 rings (SSSR count). The third kappa shape index (κ3) is 3.81. The second kappa shape index (κ2) is 8.25. The molecule has 4 heterocycles. The Morgan fingerprint density at radius 2 is 2.12 bits per heavy atom. The van der Waals surface area contributed by atoms with Crippen LogP contribution in [0.15, 0.2) is 41.1 Å². The van der Waals surface area contributed by atoms with Crippen LogP contribution in [-0.4, -0.2) is 53.6 Å². The number of nitrogens with zero attached hydrogens (tertiary/aromatic N) is 4. The van der Waals surface area contributed by atoms with Crippen molar-refractivity contribution < 1.29 is 18.1 Å². The second-order valence-corrected chi connectivity index (χ2v) is 8.82. The topological polar surface area (TPSA) is 105 Å². The maximum absolute atomic E-state index is 12.3. The van der Waals surface area contributed by atoms with Gasteiger partial charge in [0.15, 0.2) is 5.58 Å². The van der Waals surface area contributed by atoms with Gasteiger partial charge in [-0.05, 0) is 44.0 Å². The lowest BCUT2D eigenvalue weighted by molar-refractivity contribution is -0.117. The molecule has 0 spiro atoms. The van der Waals surface area contributed by atoms with Crippen molar-refractivity contribution in [3.63, 3.8) is 0 Å². The van der Waals surface area contributed by atoms with Crippen LogP contribution in [0.1, 0.15) is 23.9 Å². The SMILES string of the molecule is [2H]C([2H])([2H])Nc1ncc(-c2nc3cc(N4CCOC(C)C4)ccc3o2)c2cc(NC(=O)C3CC3)ncc12. The molecule has 1 saturated heterocycles. The second-order valence-electron chi connectivity index (χ2n) is 8.82. The van der Waals surface area contributed by atoms with Crippen LogP contribution in [0.25, 0.3) is 33.3 Å². The van der Waals surface area contributed by atoms with E-state index >= 15 is 0 Å². The highest BCUT2D eigenvalue weighted by Gasteiger charge is 2.30. The average molecular weight is 462 g/mol. The summed E-state index contributed by atoms with van der Waals surface area (Å²) in [7, 11) is 0. The molecule has 3 aromatic heterocycles. The predicted octanol–water partition coefficient (Wildman–Crippen LogP) is 4.05. The van der Waals surface area contributed by atoms with E-state index < -0.39 is 6.98 Å². The number of amides is 1. The first-order chi connectivity index (χ1) is 17.7. The Morgan fingerprint density at radius 1 is 1.21 bits per heavy atom. The van der Waals surface area contributed by atoms with Gasteiger partial charge in [-0.1, -0.05) is 0 Å². The number of carbonyl (C=O) groups is 1. The van der Waals surface area contributed by atoms with Crippen molar-refractivity contribution in [1.29, 1.82) is 0 Å². The molecule has 174 valence electrons. The number of anilines is 3. The Kier molecular flexibility index (Phi) is 4.30. The summed E-state index contributed by atoms with van der Waals surface area (Å²) in [4.78, 5) is 28.0. The Morgan fingerprint density at radius 3 is 2.94 bits per heavy atom. The third-order valence-electron chi connectivity index (χ3n) is 6.30. The molecule has 1 saturated carbocycles. The molecule has 1 amide bonds. The molecule has 1 atom stereocenters. The number of pyridine rings is 2. The molecular weight excluding hydrogens is 432 g/mol. The number of rotatable bonds is 5. The van der Waals surface area contributed by atoms with Crippen molar-refractivity contribution in [2.45, 2.75) is 25.9 Å². The summed E-state index contributed by atoms with van der Waals surface area (Å²) < 4.78 is 34.6. The zero-order valence-electron chi connectivity index (χ0n) is 21.7. The number of carbonyl (C=O) groups excluding carboxylic acids is 1. The molecule has 1 unspecified atom stereocenters. The Hall–Kier alpha value is -3.72. The first kappa shape index (κ1) is 17.7. The van der Waals surface area contributed by atoms with Gasteiger partial charge in [0.05, 0.1) is 18.3 Å². The largest absolute Gasteiger partial charge is 0.436 e. The number of morpholine rings is 1. The number of fused-ring (bicyclic) bond motifs is 2. The van der Waals surface area contributed by atoms with Gasteiger partial charge in [0, 0.05) is 58.9 Å². The molecule has 9 nitrogen and oxygen atoms in total. The maximum atomic E-state index is 12.3. The number of hydrogen-bond donors (Lipinski definition) is 2. The third-order valence-corrected chi connectivity index (χ3v) is 6.30. The van der Waals surface area contributed by atoms with E-state index in [1.54, 1.807) is 6.07 Å². The van der Waals surface area contributed by atoms with Gasteiger partial charge in [-0.25, -0.2) is 15.0 Å². The molecule has 2 aliphatic rings. The van der Waals surface area contributed by atoms with Crippen LogP contribution in [0, 0.1) is 5.92 Å². The highest BCUT2D eigenvalue weighted by molar-refractivity contribution is 6.03. The Bertz CT molecular complexity index is 1500. The lowest BCUT2D eigenvalue weighted by atomic mass is 10.1. The quantitative estimate of drug-likeness (QED) is 0.459. The van der Waals surface area contributed by atoms with Crippen molar-refractivity contribution in [3.05, 3.63) is 36.7 Å². The fourth-order valence-corrected chi connectivity index (χ4v) is 4.33. The Balaban J connectivity index is 1.41. The zero-order valence-corrected chi connectivity index (χ0v) is 18.7. The fourth-order valence-electron chi connectivity index (χ4n) is 4.33. The predicted molar refractivity (Wildman–Crippen MR) is 131 cm³/mol. The molecule has 1 aliphatic heterocycles. The molecule has 1 aromatic carbocycles. The number of aromatic nitrogens is 3. The van der Waals surface area contributed by atoms with Crippen LogP contribution in [0.3, 0.4) is 0 Å². The van der Waals surface area contributed by atoms with Gasteiger partial charge < -0.3 is 24.7 Å². The van der Waals surface area contributed by atoms with Crippen LogP contribution < -0.4 is 15.5 Å². The number of nitrogens with one attached hydrogen (secondary N) is 2. The monoisotopic (exact) mass is 461 g/mol. The van der Waals surface area contributed by atoms with Gasteiger partial charge in [0.25, 0.3) is 0 Å². The minimum atomic E-state index is -2.44. The molecule has 0 radical (unpaired) electrons. The summed E-state index contributed by atoms with van der Waals surface area (Å²) in [6.45, 7) is 1.88. The van der Waals surface area contributed by atoms with E-state index in [2.05, 4.69) is 32.4 Å². The van der Waals surface area contributed by atoms with Gasteiger partial charge in [-0.15, -0.1) is 0 Å². The standard InChI is InChI=1S/C25H26N6O3/c1-14-13-31(7-8-33-14)16-5-6-21-20(9-16)29-25(34-21)19-12-28-23(26-2)18-11-27-22(10-17(18)19)30-24(32)15-3-4-15/h5-6,9-12,14-15H,3-4,7-8,13H2,1-2H3,(H,26,28)(H,27,30,32)/i2D3. The minimum absolute atomic E-state index is 0.0166. The highest BCUT2D eigenvalue weighted by Crippen LogP contribution is 2.35. The van der Waals surface area contributed by atoms with E-state index in [4.69, 9.17) is 18.3 Å². The van der Waals surface area contributed by atoms with Gasteiger partial charge in [-0.2, -0.15) is 0 Å². The van der Waals surface area contributed by atoms with Crippen molar-refractivity contribution in [2.75, 3.05) is 42.2 Å². The van der Waals surface area contributed by atoms with Crippen molar-refractivity contribution >= 4 is 45.1 Å². The summed E-state index contributed by atoms with van der Waals surface area (Å²) in [5, 5.41) is 6.39. The van der Waals surface area contributed by atoms with Crippen molar-refractivity contribution in [1.82, 2.24) is 15.0 Å². The van der Waals surface area contributed by atoms with E-state index in [0.29, 0.717) is 45.8 Å². The smallest absolute Gasteiger partial charge is 0.229 e. The van der Waals surface area contributed by atoms with Crippen LogP contribution in [0.2, 0.25) is 0 Å². The maximum Gasteiger partial charge on any atom is 0.229 e. The molecule has 2 fully saturated rings. The summed E-state index contributed by atoms with van der Waals surface area (Å²) in [6.07, 6.45) is 4.92. The minimum Gasteiger partial charge on any atom is -0.436 e. The van der Waals surface area contributed by atoms with E-state index in [9.17, 15) is 4.79 Å². The summed E-state index contributed by atoms with van der Waals surface area (Å²) >= 11 is 0. The zero-order chi connectivity index (χ0) is 25.7. The number of benzene rings is 1. The van der Waals surface area contributed by atoms with E-state index in [1.165, 1.54) is 12.4 Å².